The number of aromatic nitrogens is 1. The Labute approximate surface area is 220 Å². The van der Waals surface area contributed by atoms with E-state index in [0.717, 1.165) is 54.0 Å². The number of hydrogen-bond acceptors (Lipinski definition) is 4. The smallest absolute Gasteiger partial charge is 0.246 e. The van der Waals surface area contributed by atoms with Crippen molar-refractivity contribution in [2.45, 2.75) is 41.5 Å². The lowest BCUT2D eigenvalue weighted by atomic mass is 10.2. The monoisotopic (exact) mass is 537 g/mol. The Morgan fingerprint density at radius 3 is 2.57 bits per heavy atom. The van der Waals surface area contributed by atoms with E-state index in [1.807, 2.05) is 24.3 Å². The number of fused-ring (bicyclic) bond motifs is 2. The minimum atomic E-state index is -1.61. The third kappa shape index (κ3) is 4.08. The summed E-state index contributed by atoms with van der Waals surface area (Å²) in [4.78, 5) is 27.3. The van der Waals surface area contributed by atoms with Crippen molar-refractivity contribution in [2.75, 3.05) is 11.4 Å². The van der Waals surface area contributed by atoms with E-state index in [4.69, 9.17) is 11.6 Å². The molecule has 3 aromatic carbocycles. The normalized spacial score (nSPS) is 14.8. The van der Waals surface area contributed by atoms with Crippen LogP contribution in [-0.4, -0.2) is 23.0 Å². The molecule has 0 N–H and O–H groups in total. The maximum absolute atomic E-state index is 15.5. The van der Waals surface area contributed by atoms with E-state index in [2.05, 4.69) is 0 Å². The summed E-state index contributed by atoms with van der Waals surface area (Å²) >= 11 is 7.20. The second kappa shape index (κ2) is 9.19. The molecule has 0 saturated heterocycles. The average molecular weight is 538 g/mol. The summed E-state index contributed by atoms with van der Waals surface area (Å²) < 4.78 is 32.3. The molecule has 0 radical (unpaired) electrons. The zero-order chi connectivity index (χ0) is 25.8. The maximum Gasteiger partial charge on any atom is 0.246 e. The SMILES string of the molecule is O=C([O-])c1cccc(Sc2c(C3CC3)n(CC(=O)N3CCc4ccccc43)c3c(F)c(Cl)ccc23)c1F. The first-order valence-electron chi connectivity index (χ1n) is 11.9. The summed E-state index contributed by atoms with van der Waals surface area (Å²) in [7, 11) is 0. The number of amides is 1. The van der Waals surface area contributed by atoms with Crippen LogP contribution in [0, 0.1) is 11.6 Å². The average Bonchev–Trinajstić information content (AvgIpc) is 3.54. The van der Waals surface area contributed by atoms with Crippen molar-refractivity contribution in [2.24, 2.45) is 0 Å². The number of benzene rings is 3. The first kappa shape index (κ1) is 24.0. The molecule has 0 bridgehead atoms. The Morgan fingerprint density at radius 1 is 1.03 bits per heavy atom. The van der Waals surface area contributed by atoms with Gasteiger partial charge in [-0.25, -0.2) is 8.78 Å². The maximum atomic E-state index is 15.5. The van der Waals surface area contributed by atoms with Crippen molar-refractivity contribution in [3.8, 4) is 0 Å². The zero-order valence-electron chi connectivity index (χ0n) is 19.5. The van der Waals surface area contributed by atoms with Gasteiger partial charge < -0.3 is 19.4 Å². The lowest BCUT2D eigenvalue weighted by Crippen LogP contribution is -2.32. The highest BCUT2D eigenvalue weighted by Crippen LogP contribution is 2.51. The molecule has 1 aromatic heterocycles. The van der Waals surface area contributed by atoms with Crippen LogP contribution in [0.1, 0.15) is 40.4 Å². The van der Waals surface area contributed by atoms with Gasteiger partial charge in [0.25, 0.3) is 0 Å². The number of carbonyl (C=O) groups excluding carboxylic acids is 2. The molecule has 6 rings (SSSR count). The lowest BCUT2D eigenvalue weighted by Gasteiger charge is -2.20. The Kier molecular flexibility index (Phi) is 5.96. The van der Waals surface area contributed by atoms with E-state index in [1.54, 1.807) is 15.5 Å². The van der Waals surface area contributed by atoms with Crippen molar-refractivity contribution in [1.82, 2.24) is 4.57 Å². The largest absolute Gasteiger partial charge is 0.545 e. The van der Waals surface area contributed by atoms with Gasteiger partial charge in [-0.1, -0.05) is 53.7 Å². The first-order valence-corrected chi connectivity index (χ1v) is 13.1. The number of hydrogen-bond donors (Lipinski definition) is 0. The molecule has 0 atom stereocenters. The van der Waals surface area contributed by atoms with E-state index in [-0.39, 0.29) is 33.8 Å². The molecule has 0 unspecified atom stereocenters. The Bertz CT molecular complexity index is 1600. The fraction of sp³-hybridized carbons (Fsp3) is 0.214. The predicted octanol–water partition coefficient (Wildman–Crippen LogP) is 5.55. The Hall–Kier alpha value is -3.36. The van der Waals surface area contributed by atoms with Gasteiger partial charge in [0.1, 0.15) is 12.4 Å². The standard InChI is InChI=1S/C28H21ClF2N2O3S/c29-19-11-10-18-26(24(19)31)33(14-22(34)32-13-12-15-4-1-2-6-20(15)32)25(16-8-9-16)27(18)37-21-7-3-5-17(23(21)30)28(35)36/h1-7,10-11,16H,8-9,12-14H2,(H,35,36)/p-1. The number of nitrogens with zero attached hydrogens (tertiary/aromatic N) is 2. The molecule has 1 fully saturated rings. The van der Waals surface area contributed by atoms with Crippen LogP contribution in [0.3, 0.4) is 0 Å². The van der Waals surface area contributed by atoms with Crippen LogP contribution in [0.4, 0.5) is 14.5 Å². The first-order chi connectivity index (χ1) is 17.8. The van der Waals surface area contributed by atoms with E-state index in [9.17, 15) is 14.7 Å². The molecule has 2 heterocycles. The number of carbonyl (C=O) groups is 2. The second-order valence-electron chi connectivity index (χ2n) is 9.26. The van der Waals surface area contributed by atoms with Gasteiger partial charge >= 0.3 is 0 Å². The quantitative estimate of drug-likeness (QED) is 0.323. The summed E-state index contributed by atoms with van der Waals surface area (Å²) in [5.74, 6) is -3.27. The number of halogens is 3. The Morgan fingerprint density at radius 2 is 1.81 bits per heavy atom. The number of carboxylic acids is 1. The molecule has 5 nitrogen and oxygen atoms in total. The highest BCUT2D eigenvalue weighted by atomic mass is 35.5. The number of aromatic carboxylic acids is 1. The number of para-hydroxylation sites is 1. The van der Waals surface area contributed by atoms with Gasteiger partial charge in [-0.15, -0.1) is 0 Å². The van der Waals surface area contributed by atoms with Crippen LogP contribution < -0.4 is 10.0 Å². The molecule has 4 aromatic rings. The van der Waals surface area contributed by atoms with Crippen LogP contribution in [0.25, 0.3) is 10.9 Å². The topological polar surface area (TPSA) is 65.4 Å². The van der Waals surface area contributed by atoms with E-state index in [1.165, 1.54) is 18.2 Å². The van der Waals surface area contributed by atoms with Gasteiger partial charge in [0.15, 0.2) is 5.82 Å². The highest BCUT2D eigenvalue weighted by molar-refractivity contribution is 7.99. The van der Waals surface area contributed by atoms with Gasteiger partial charge in [-0.3, -0.25) is 4.79 Å². The van der Waals surface area contributed by atoms with E-state index in [0.29, 0.717) is 16.8 Å². The van der Waals surface area contributed by atoms with Crippen LogP contribution >= 0.6 is 23.4 Å². The van der Waals surface area contributed by atoms with E-state index >= 15 is 8.78 Å². The number of carboxylic acid groups (broad SMARTS) is 1. The fourth-order valence-electron chi connectivity index (χ4n) is 5.08. The van der Waals surface area contributed by atoms with Gasteiger partial charge in [0, 0.05) is 44.6 Å². The summed E-state index contributed by atoms with van der Waals surface area (Å²) in [6.45, 7) is 0.443. The number of anilines is 1. The molecular formula is C28H20ClF2N2O3S-. The third-order valence-electron chi connectivity index (χ3n) is 6.95. The van der Waals surface area contributed by atoms with Crippen LogP contribution in [-0.2, 0) is 17.8 Å². The molecule has 1 amide bonds. The molecule has 188 valence electrons. The van der Waals surface area contributed by atoms with Crippen LogP contribution in [0.2, 0.25) is 5.02 Å². The van der Waals surface area contributed by atoms with Gasteiger partial charge in [0.2, 0.25) is 5.91 Å². The summed E-state index contributed by atoms with van der Waals surface area (Å²) in [6, 6.07) is 14.9. The zero-order valence-corrected chi connectivity index (χ0v) is 21.0. The Balaban J connectivity index is 1.48. The van der Waals surface area contributed by atoms with E-state index < -0.39 is 23.2 Å². The number of rotatable bonds is 6. The van der Waals surface area contributed by atoms with Gasteiger partial charge in [-0.2, -0.15) is 0 Å². The van der Waals surface area contributed by atoms with Crippen LogP contribution in [0.15, 0.2) is 64.4 Å². The molecule has 1 aliphatic heterocycles. The second-order valence-corrected chi connectivity index (χ2v) is 10.7. The lowest BCUT2D eigenvalue weighted by molar-refractivity contribution is -0.255. The minimum absolute atomic E-state index is 0.0686. The minimum Gasteiger partial charge on any atom is -0.545 e. The summed E-state index contributed by atoms with van der Waals surface area (Å²) in [5, 5.41) is 11.8. The van der Waals surface area contributed by atoms with Gasteiger partial charge in [0.05, 0.1) is 16.5 Å². The van der Waals surface area contributed by atoms with Crippen molar-refractivity contribution in [3.05, 3.63) is 88.1 Å². The van der Waals surface area contributed by atoms with Crippen molar-refractivity contribution in [1.29, 1.82) is 0 Å². The molecule has 9 heteroatoms. The fourth-order valence-corrected chi connectivity index (χ4v) is 6.45. The molecule has 1 aliphatic carbocycles. The molecule has 2 aliphatic rings. The molecular weight excluding hydrogens is 518 g/mol. The molecule has 37 heavy (non-hydrogen) atoms. The van der Waals surface area contributed by atoms with Crippen molar-refractivity contribution < 1.29 is 23.5 Å². The molecule has 1 saturated carbocycles. The summed E-state index contributed by atoms with van der Waals surface area (Å²) in [6.07, 6.45) is 2.45. The summed E-state index contributed by atoms with van der Waals surface area (Å²) in [5.41, 5.74) is 2.32. The third-order valence-corrected chi connectivity index (χ3v) is 8.41. The van der Waals surface area contributed by atoms with Gasteiger partial charge in [-0.05, 0) is 49.1 Å². The van der Waals surface area contributed by atoms with Crippen molar-refractivity contribution in [3.63, 3.8) is 0 Å². The highest BCUT2D eigenvalue weighted by Gasteiger charge is 2.35. The predicted molar refractivity (Wildman–Crippen MR) is 136 cm³/mol. The van der Waals surface area contributed by atoms with Crippen molar-refractivity contribution >= 4 is 51.8 Å². The van der Waals surface area contributed by atoms with Crippen LogP contribution in [0.5, 0.6) is 0 Å². The molecule has 0 spiro atoms.